The summed E-state index contributed by atoms with van der Waals surface area (Å²) in [6.07, 6.45) is 4.28. The van der Waals surface area contributed by atoms with E-state index < -0.39 is 0 Å². The van der Waals surface area contributed by atoms with Crippen molar-refractivity contribution < 1.29 is 0 Å². The Morgan fingerprint density at radius 1 is 1.17 bits per heavy atom. The first kappa shape index (κ1) is 11.7. The number of hydrogen-bond acceptors (Lipinski definition) is 1. The lowest BCUT2D eigenvalue weighted by Gasteiger charge is -2.31. The lowest BCUT2D eigenvalue weighted by molar-refractivity contribution is 0.252. The van der Waals surface area contributed by atoms with Gasteiger partial charge in [-0.05, 0) is 38.8 Å². The number of nitrogens with zero attached hydrogens (tertiary/aromatic N) is 1. The van der Waals surface area contributed by atoms with Gasteiger partial charge in [0.25, 0.3) is 0 Å². The third-order valence-electron chi connectivity index (χ3n) is 2.35. The first-order chi connectivity index (χ1) is 5.33. The van der Waals surface area contributed by atoms with Gasteiger partial charge in [0, 0.05) is 0 Å². The van der Waals surface area contributed by atoms with Gasteiger partial charge in [-0.25, -0.2) is 0 Å². The van der Waals surface area contributed by atoms with Gasteiger partial charge >= 0.3 is 0 Å². The van der Waals surface area contributed by atoms with Crippen LogP contribution in [0.2, 0.25) is 0 Å². The molecule has 0 atom stereocenters. The van der Waals surface area contributed by atoms with Crippen molar-refractivity contribution in [2.24, 2.45) is 10.4 Å². The van der Waals surface area contributed by atoms with Gasteiger partial charge in [-0.3, -0.25) is 4.99 Å². The normalized spacial score (nSPS) is 14.2. The summed E-state index contributed by atoms with van der Waals surface area (Å²) in [7, 11) is 0. The minimum absolute atomic E-state index is 0.105. The summed E-state index contributed by atoms with van der Waals surface area (Å²) in [5.41, 5.74) is 0.518. The Labute approximate surface area is 77.3 Å². The minimum Gasteiger partial charge on any atom is -0.292 e. The number of rotatable bonds is 4. The van der Waals surface area contributed by atoms with E-state index in [9.17, 15) is 0 Å². The van der Waals surface area contributed by atoms with Crippen LogP contribution in [-0.4, -0.2) is 11.8 Å². The van der Waals surface area contributed by atoms with Crippen LogP contribution in [0, 0.1) is 5.41 Å². The average Bonchev–Trinajstić information content (AvgIpc) is 1.85. The SMILES string of the molecule is CC=NC(C)(C)CC(C)(C)CC. The maximum atomic E-state index is 4.46. The van der Waals surface area contributed by atoms with E-state index in [2.05, 4.69) is 39.6 Å². The van der Waals surface area contributed by atoms with E-state index >= 15 is 0 Å². The predicted octanol–water partition coefficient (Wildman–Crippen LogP) is 3.68. The predicted molar refractivity (Wildman–Crippen MR) is 56.9 cm³/mol. The average molecular weight is 169 g/mol. The van der Waals surface area contributed by atoms with E-state index in [0.717, 1.165) is 6.42 Å². The zero-order chi connectivity index (χ0) is 9.83. The van der Waals surface area contributed by atoms with Crippen LogP contribution in [0.25, 0.3) is 0 Å². The Hall–Kier alpha value is -0.330. The van der Waals surface area contributed by atoms with Crippen molar-refractivity contribution in [2.45, 2.75) is 59.9 Å². The minimum atomic E-state index is 0.105. The molecule has 72 valence electrons. The van der Waals surface area contributed by atoms with Gasteiger partial charge in [-0.2, -0.15) is 0 Å². The fraction of sp³-hybridized carbons (Fsp3) is 0.909. The van der Waals surface area contributed by atoms with Crippen molar-refractivity contribution in [3.63, 3.8) is 0 Å². The second-order valence-electron chi connectivity index (χ2n) is 4.89. The lowest BCUT2D eigenvalue weighted by atomic mass is 9.78. The van der Waals surface area contributed by atoms with Crippen LogP contribution in [0.5, 0.6) is 0 Å². The highest BCUT2D eigenvalue weighted by Crippen LogP contribution is 2.32. The van der Waals surface area contributed by atoms with E-state index in [1.165, 1.54) is 6.42 Å². The van der Waals surface area contributed by atoms with Crippen molar-refractivity contribution in [1.82, 2.24) is 0 Å². The molecule has 0 aromatic heterocycles. The molecule has 0 amide bonds. The molecule has 1 heteroatoms. The number of aliphatic imine (C=N–C) groups is 1. The summed E-state index contributed by atoms with van der Waals surface area (Å²) in [6.45, 7) is 13.2. The summed E-state index contributed by atoms with van der Waals surface area (Å²) in [5, 5.41) is 0. The molecule has 12 heavy (non-hydrogen) atoms. The van der Waals surface area contributed by atoms with Crippen molar-refractivity contribution in [1.29, 1.82) is 0 Å². The highest BCUT2D eigenvalue weighted by Gasteiger charge is 2.26. The van der Waals surface area contributed by atoms with E-state index in [1.807, 2.05) is 13.1 Å². The fourth-order valence-corrected chi connectivity index (χ4v) is 1.69. The van der Waals surface area contributed by atoms with Crippen molar-refractivity contribution >= 4 is 6.21 Å². The zero-order valence-electron chi connectivity index (χ0n) is 9.44. The van der Waals surface area contributed by atoms with Gasteiger partial charge in [0.05, 0.1) is 5.54 Å². The molecular weight excluding hydrogens is 146 g/mol. The highest BCUT2D eigenvalue weighted by molar-refractivity contribution is 5.54. The Bertz CT molecular complexity index is 154. The Balaban J connectivity index is 4.23. The summed E-state index contributed by atoms with van der Waals surface area (Å²) in [5.74, 6) is 0. The fourth-order valence-electron chi connectivity index (χ4n) is 1.69. The molecule has 0 N–H and O–H groups in total. The van der Waals surface area contributed by atoms with Gasteiger partial charge in [0.2, 0.25) is 0 Å². The van der Waals surface area contributed by atoms with Crippen LogP contribution in [0.4, 0.5) is 0 Å². The molecule has 0 rings (SSSR count). The quantitative estimate of drug-likeness (QED) is 0.569. The maximum absolute atomic E-state index is 4.46. The van der Waals surface area contributed by atoms with E-state index in [4.69, 9.17) is 0 Å². The molecular formula is C11H23N. The van der Waals surface area contributed by atoms with E-state index in [-0.39, 0.29) is 5.54 Å². The van der Waals surface area contributed by atoms with Crippen LogP contribution >= 0.6 is 0 Å². The van der Waals surface area contributed by atoms with E-state index in [0.29, 0.717) is 5.41 Å². The summed E-state index contributed by atoms with van der Waals surface area (Å²) in [4.78, 5) is 4.46. The zero-order valence-corrected chi connectivity index (χ0v) is 9.44. The van der Waals surface area contributed by atoms with Crippen LogP contribution in [0.3, 0.4) is 0 Å². The molecule has 0 aromatic carbocycles. The monoisotopic (exact) mass is 169 g/mol. The van der Waals surface area contributed by atoms with Crippen LogP contribution in [0.1, 0.15) is 54.4 Å². The third kappa shape index (κ3) is 4.53. The van der Waals surface area contributed by atoms with Gasteiger partial charge in [0.1, 0.15) is 0 Å². The third-order valence-corrected chi connectivity index (χ3v) is 2.35. The highest BCUT2D eigenvalue weighted by atomic mass is 14.8. The van der Waals surface area contributed by atoms with Gasteiger partial charge in [-0.15, -0.1) is 0 Å². The molecule has 0 saturated heterocycles. The largest absolute Gasteiger partial charge is 0.292 e. The summed E-state index contributed by atoms with van der Waals surface area (Å²) >= 11 is 0. The topological polar surface area (TPSA) is 12.4 Å². The van der Waals surface area contributed by atoms with Crippen LogP contribution in [-0.2, 0) is 0 Å². The molecule has 0 aliphatic rings. The molecule has 0 radical (unpaired) electrons. The Morgan fingerprint density at radius 2 is 1.67 bits per heavy atom. The van der Waals surface area contributed by atoms with Crippen molar-refractivity contribution in [3.8, 4) is 0 Å². The molecule has 1 nitrogen and oxygen atoms in total. The molecule has 0 aromatic rings. The smallest absolute Gasteiger partial charge is 0.0553 e. The molecule has 0 saturated carbocycles. The molecule has 0 aliphatic heterocycles. The standard InChI is InChI=1S/C11H23N/c1-7-10(3,4)9-11(5,6)12-8-2/h8H,7,9H2,1-6H3. The summed E-state index contributed by atoms with van der Waals surface area (Å²) in [6, 6.07) is 0. The molecule has 0 unspecified atom stereocenters. The first-order valence-electron chi connectivity index (χ1n) is 4.83. The maximum Gasteiger partial charge on any atom is 0.0553 e. The van der Waals surface area contributed by atoms with Gasteiger partial charge in [0.15, 0.2) is 0 Å². The lowest BCUT2D eigenvalue weighted by Crippen LogP contribution is -2.26. The number of hydrogen-bond donors (Lipinski definition) is 0. The van der Waals surface area contributed by atoms with Crippen LogP contribution in [0.15, 0.2) is 4.99 Å². The van der Waals surface area contributed by atoms with Gasteiger partial charge in [-0.1, -0.05) is 27.2 Å². The second-order valence-corrected chi connectivity index (χ2v) is 4.89. The molecule has 0 bridgehead atoms. The molecule has 0 fully saturated rings. The summed E-state index contributed by atoms with van der Waals surface area (Å²) < 4.78 is 0. The van der Waals surface area contributed by atoms with Crippen molar-refractivity contribution in [2.75, 3.05) is 0 Å². The Kier molecular flexibility index (Phi) is 3.95. The van der Waals surface area contributed by atoms with E-state index in [1.54, 1.807) is 0 Å². The molecule has 0 heterocycles. The van der Waals surface area contributed by atoms with Gasteiger partial charge < -0.3 is 0 Å². The van der Waals surface area contributed by atoms with Crippen molar-refractivity contribution in [3.05, 3.63) is 0 Å². The molecule has 0 aliphatic carbocycles. The first-order valence-corrected chi connectivity index (χ1v) is 4.83. The van der Waals surface area contributed by atoms with Crippen LogP contribution < -0.4 is 0 Å². The Morgan fingerprint density at radius 3 is 2.00 bits per heavy atom. The molecule has 0 spiro atoms. The second kappa shape index (κ2) is 4.06.